The number of likely N-dealkylation sites (N-methyl/N-ethyl adjacent to an activating group) is 1. The molecule has 0 aromatic rings. The fourth-order valence-electron chi connectivity index (χ4n) is 4.96. The third kappa shape index (κ3) is 39.2. The molecule has 0 rings (SSSR count). The van der Waals surface area contributed by atoms with Gasteiger partial charge in [-0.2, -0.15) is 0 Å². The number of carbonyl (C=O) groups excluding carboxylic acids is 2. The smallest absolute Gasteiger partial charge is 0.462 e. The van der Waals surface area contributed by atoms with Gasteiger partial charge in [-0.25, -0.2) is 4.57 Å². The number of esters is 2. The van der Waals surface area contributed by atoms with Crippen molar-refractivity contribution < 1.29 is 42.1 Å². The molecule has 10 heteroatoms. The Labute approximate surface area is 329 Å². The largest absolute Gasteiger partial charge is 0.472 e. The number of nitrogens with zero attached hydrogens (tertiary/aromatic N) is 1. The molecule has 9 nitrogen and oxygen atoms in total. The molecule has 1 N–H and O–H groups in total. The summed E-state index contributed by atoms with van der Waals surface area (Å²) in [7, 11) is 1.43. The first kappa shape index (κ1) is 51.5. The first-order valence-electron chi connectivity index (χ1n) is 20.7. The van der Waals surface area contributed by atoms with E-state index in [0.717, 1.165) is 96.3 Å². The van der Waals surface area contributed by atoms with E-state index < -0.39 is 32.5 Å². The van der Waals surface area contributed by atoms with Crippen molar-refractivity contribution in [2.75, 3.05) is 47.5 Å². The molecule has 54 heavy (non-hydrogen) atoms. The van der Waals surface area contributed by atoms with Gasteiger partial charge in [0, 0.05) is 12.8 Å². The maximum absolute atomic E-state index is 12.7. The van der Waals surface area contributed by atoms with Gasteiger partial charge in [0.15, 0.2) is 6.10 Å². The number of hydrogen-bond acceptors (Lipinski definition) is 7. The maximum atomic E-state index is 12.7. The molecule has 0 saturated carbocycles. The fraction of sp³-hybridized carbons (Fsp3) is 0.682. The third-order valence-electron chi connectivity index (χ3n) is 8.22. The molecule has 0 aromatic heterocycles. The molecule has 0 radical (unpaired) electrons. The lowest BCUT2D eigenvalue weighted by atomic mass is 10.1. The quantitative estimate of drug-likeness (QED) is 0.0220. The number of carbonyl (C=O) groups is 2. The second kappa shape index (κ2) is 36.1. The summed E-state index contributed by atoms with van der Waals surface area (Å²) in [6, 6.07) is 0. The Morgan fingerprint density at radius 3 is 1.61 bits per heavy atom. The van der Waals surface area contributed by atoms with E-state index in [0.29, 0.717) is 17.4 Å². The van der Waals surface area contributed by atoms with E-state index in [-0.39, 0.29) is 26.1 Å². The van der Waals surface area contributed by atoms with Crippen molar-refractivity contribution in [1.82, 2.24) is 0 Å². The lowest BCUT2D eigenvalue weighted by Gasteiger charge is -2.24. The number of unbranched alkanes of at least 4 members (excludes halogenated alkanes) is 10. The molecular formula is C44H77NO8P+. The van der Waals surface area contributed by atoms with Crippen LogP contribution in [-0.4, -0.2) is 74.9 Å². The van der Waals surface area contributed by atoms with Crippen LogP contribution in [-0.2, 0) is 32.7 Å². The van der Waals surface area contributed by atoms with Crippen LogP contribution in [0.15, 0.2) is 72.9 Å². The van der Waals surface area contributed by atoms with Crippen molar-refractivity contribution in [2.24, 2.45) is 0 Å². The summed E-state index contributed by atoms with van der Waals surface area (Å²) in [5.41, 5.74) is 0. The van der Waals surface area contributed by atoms with Crippen LogP contribution in [0.25, 0.3) is 0 Å². The highest BCUT2D eigenvalue weighted by Crippen LogP contribution is 2.43. The Hall–Kier alpha value is -2.55. The molecule has 0 aliphatic carbocycles. The molecule has 0 aromatic carbocycles. The first-order valence-corrected chi connectivity index (χ1v) is 22.2. The van der Waals surface area contributed by atoms with E-state index in [1.54, 1.807) is 0 Å². The number of ether oxygens (including phenoxy) is 2. The van der Waals surface area contributed by atoms with E-state index in [1.807, 2.05) is 21.1 Å². The maximum Gasteiger partial charge on any atom is 0.472 e. The van der Waals surface area contributed by atoms with Crippen LogP contribution in [0.2, 0.25) is 0 Å². The molecule has 0 bridgehead atoms. The first-order chi connectivity index (χ1) is 26.0. The van der Waals surface area contributed by atoms with Crippen LogP contribution in [0.1, 0.15) is 142 Å². The van der Waals surface area contributed by atoms with E-state index in [2.05, 4.69) is 86.8 Å². The van der Waals surface area contributed by atoms with Crippen molar-refractivity contribution in [1.29, 1.82) is 0 Å². The molecule has 310 valence electrons. The molecule has 0 aliphatic heterocycles. The highest BCUT2D eigenvalue weighted by Gasteiger charge is 2.27. The summed E-state index contributed by atoms with van der Waals surface area (Å²) in [4.78, 5) is 35.2. The molecule has 0 aliphatic rings. The number of phosphoric ester groups is 1. The predicted octanol–water partition coefficient (Wildman–Crippen LogP) is 11.5. The van der Waals surface area contributed by atoms with Gasteiger partial charge in [-0.15, -0.1) is 0 Å². The Morgan fingerprint density at radius 2 is 1.06 bits per heavy atom. The van der Waals surface area contributed by atoms with Gasteiger partial charge in [-0.3, -0.25) is 18.6 Å². The number of rotatable bonds is 36. The minimum absolute atomic E-state index is 0.0198. The number of quaternary nitrogens is 1. The zero-order valence-electron chi connectivity index (χ0n) is 34.7. The molecule has 1 unspecified atom stereocenters. The van der Waals surface area contributed by atoms with Crippen LogP contribution in [0.3, 0.4) is 0 Å². The molecule has 0 fully saturated rings. The topological polar surface area (TPSA) is 108 Å². The SMILES string of the molecule is CC/C=C/C/C=C/C/C=C/C/C=C/C/C=C/CCCCCC(=O)O[C@H](COC(=O)CCCCCCC/C=C/CCCC)COP(=O)(O)OCC[N+](C)(C)C. The van der Waals surface area contributed by atoms with Gasteiger partial charge in [0.05, 0.1) is 27.7 Å². The fourth-order valence-corrected chi connectivity index (χ4v) is 5.70. The Balaban J connectivity index is 4.48. The average Bonchev–Trinajstić information content (AvgIpc) is 3.12. The summed E-state index contributed by atoms with van der Waals surface area (Å²) in [6.45, 7) is 4.19. The van der Waals surface area contributed by atoms with Gasteiger partial charge in [0.25, 0.3) is 0 Å². The van der Waals surface area contributed by atoms with Crippen LogP contribution >= 0.6 is 7.82 Å². The Morgan fingerprint density at radius 1 is 0.593 bits per heavy atom. The number of allylic oxidation sites excluding steroid dienone is 12. The lowest BCUT2D eigenvalue weighted by Crippen LogP contribution is -2.37. The van der Waals surface area contributed by atoms with Crippen LogP contribution in [0, 0.1) is 0 Å². The second-order valence-corrected chi connectivity index (χ2v) is 16.1. The summed E-state index contributed by atoms with van der Waals surface area (Å²) in [5, 5.41) is 0. The van der Waals surface area contributed by atoms with Gasteiger partial charge in [-0.1, -0.05) is 125 Å². The second-order valence-electron chi connectivity index (χ2n) is 14.6. The molecule has 0 heterocycles. The van der Waals surface area contributed by atoms with Crippen molar-refractivity contribution in [3.05, 3.63) is 72.9 Å². The zero-order chi connectivity index (χ0) is 40.0. The summed E-state index contributed by atoms with van der Waals surface area (Å²) in [5.74, 6) is -0.857. The summed E-state index contributed by atoms with van der Waals surface area (Å²) < 4.78 is 34.2. The lowest BCUT2D eigenvalue weighted by molar-refractivity contribution is -0.870. The molecule has 0 saturated heterocycles. The van der Waals surface area contributed by atoms with Crippen molar-refractivity contribution in [3.8, 4) is 0 Å². The molecule has 2 atom stereocenters. The van der Waals surface area contributed by atoms with Crippen molar-refractivity contribution in [3.63, 3.8) is 0 Å². The van der Waals surface area contributed by atoms with Crippen LogP contribution in [0.4, 0.5) is 0 Å². The predicted molar refractivity (Wildman–Crippen MR) is 224 cm³/mol. The minimum Gasteiger partial charge on any atom is -0.462 e. The number of phosphoric acid groups is 1. The minimum atomic E-state index is -4.39. The third-order valence-corrected chi connectivity index (χ3v) is 9.20. The van der Waals surface area contributed by atoms with E-state index in [9.17, 15) is 19.0 Å². The monoisotopic (exact) mass is 779 g/mol. The summed E-state index contributed by atoms with van der Waals surface area (Å²) >= 11 is 0. The highest BCUT2D eigenvalue weighted by atomic mass is 31.2. The van der Waals surface area contributed by atoms with Crippen molar-refractivity contribution >= 4 is 19.8 Å². The number of hydrogen-bond donors (Lipinski definition) is 1. The molecule has 0 amide bonds. The highest BCUT2D eigenvalue weighted by molar-refractivity contribution is 7.47. The van der Waals surface area contributed by atoms with Gasteiger partial charge in [0.1, 0.15) is 19.8 Å². The van der Waals surface area contributed by atoms with E-state index in [4.69, 9.17) is 18.5 Å². The van der Waals surface area contributed by atoms with Gasteiger partial charge in [0.2, 0.25) is 0 Å². The Kier molecular flexibility index (Phi) is 34.4. The van der Waals surface area contributed by atoms with Gasteiger partial charge >= 0.3 is 19.8 Å². The van der Waals surface area contributed by atoms with Crippen LogP contribution in [0.5, 0.6) is 0 Å². The van der Waals surface area contributed by atoms with Gasteiger partial charge in [-0.05, 0) is 77.0 Å². The van der Waals surface area contributed by atoms with Gasteiger partial charge < -0.3 is 18.9 Å². The Bertz CT molecular complexity index is 1150. The normalized spacial score (nSPS) is 14.4. The van der Waals surface area contributed by atoms with E-state index >= 15 is 0 Å². The van der Waals surface area contributed by atoms with Crippen LogP contribution < -0.4 is 0 Å². The molecular weight excluding hydrogens is 701 g/mol. The molecule has 0 spiro atoms. The van der Waals surface area contributed by atoms with E-state index in [1.165, 1.54) is 12.8 Å². The summed E-state index contributed by atoms with van der Waals surface area (Å²) in [6.07, 6.45) is 43.8. The average molecular weight is 779 g/mol. The zero-order valence-corrected chi connectivity index (χ0v) is 35.6. The van der Waals surface area contributed by atoms with Crippen molar-refractivity contribution in [2.45, 2.75) is 148 Å². The standard InChI is InChI=1S/C44H76NO8P/c1-6-8-10-12-14-16-18-19-20-21-22-23-24-25-27-29-31-33-35-37-44(47)53-42(41-52-54(48,49)51-39-38-45(3,4)5)40-50-43(46)36-34-32-30-28-26-17-15-13-11-9-7-2/h8,10,13-16,19-20,22-23,25,27,42H,6-7,9,11-12,17-18,21,24,26,28-41H2,1-5H3/p+1/b10-8+,15-13+,16-14+,20-19+,23-22+,27-25+/t42-/m1/s1.